The van der Waals surface area contributed by atoms with E-state index in [2.05, 4.69) is 10.4 Å². The Balaban J connectivity index is 1.51. The van der Waals surface area contributed by atoms with Crippen LogP contribution in [-0.4, -0.2) is 51.9 Å². The van der Waals surface area contributed by atoms with E-state index in [1.54, 1.807) is 61.3 Å². The van der Waals surface area contributed by atoms with Gasteiger partial charge in [0.1, 0.15) is 6.61 Å². The van der Waals surface area contributed by atoms with Crippen LogP contribution in [0.5, 0.6) is 0 Å². The number of nitrogens with zero attached hydrogens (tertiary/aromatic N) is 3. The third-order valence-corrected chi connectivity index (χ3v) is 8.28. The molecule has 0 unspecified atom stereocenters. The van der Waals surface area contributed by atoms with Gasteiger partial charge in [0.2, 0.25) is 10.0 Å². The predicted molar refractivity (Wildman–Crippen MR) is 119 cm³/mol. The van der Waals surface area contributed by atoms with Gasteiger partial charge in [-0.25, -0.2) is 13.1 Å². The molecule has 32 heavy (non-hydrogen) atoms. The quantitative estimate of drug-likeness (QED) is 0.542. The van der Waals surface area contributed by atoms with Gasteiger partial charge in [0.25, 0.3) is 5.91 Å². The zero-order chi connectivity index (χ0) is 23.0. The average Bonchev–Trinajstić information content (AvgIpc) is 3.47. The van der Waals surface area contributed by atoms with Crippen LogP contribution in [0.15, 0.2) is 53.7 Å². The first-order valence-corrected chi connectivity index (χ1v) is 12.2. The molecule has 0 fully saturated rings. The summed E-state index contributed by atoms with van der Waals surface area (Å²) in [5, 5.41) is 16.6. The van der Waals surface area contributed by atoms with Crippen LogP contribution in [0.25, 0.3) is 5.69 Å². The molecular weight excluding hydrogens is 452 g/mol. The summed E-state index contributed by atoms with van der Waals surface area (Å²) in [7, 11) is -3.91. The highest BCUT2D eigenvalue weighted by atomic mass is 32.2. The average molecular weight is 475 g/mol. The van der Waals surface area contributed by atoms with Gasteiger partial charge in [-0.05, 0) is 42.3 Å². The first-order valence-electron chi connectivity index (χ1n) is 9.92. The van der Waals surface area contributed by atoms with Crippen molar-refractivity contribution >= 4 is 38.1 Å². The Morgan fingerprint density at radius 2 is 1.97 bits per heavy atom. The highest BCUT2D eigenvalue weighted by molar-refractivity contribution is 7.89. The smallest absolute Gasteiger partial charge is 0.256 e. The third-order valence-electron chi connectivity index (χ3n) is 5.22. The van der Waals surface area contributed by atoms with E-state index in [0.29, 0.717) is 15.4 Å². The number of carbonyl (C=O) groups excluding carboxylic acids is 2. The number of ketones is 1. The fourth-order valence-corrected chi connectivity index (χ4v) is 7.11. The molecule has 1 aliphatic heterocycles. The summed E-state index contributed by atoms with van der Waals surface area (Å²) in [6.45, 7) is 2.79. The van der Waals surface area contributed by atoms with Gasteiger partial charge in [-0.3, -0.25) is 9.59 Å². The van der Waals surface area contributed by atoms with Crippen molar-refractivity contribution < 1.29 is 23.1 Å². The zero-order valence-electron chi connectivity index (χ0n) is 17.4. The van der Waals surface area contributed by atoms with Crippen LogP contribution < -0.4 is 5.32 Å². The first-order chi connectivity index (χ1) is 15.2. The number of hydrogen-bond acceptors (Lipinski definition) is 7. The van der Waals surface area contributed by atoms with Crippen molar-refractivity contribution in [2.75, 3.05) is 11.9 Å². The lowest BCUT2D eigenvalue weighted by Crippen LogP contribution is -2.46. The van der Waals surface area contributed by atoms with Crippen LogP contribution in [0, 0.1) is 5.92 Å². The molecule has 3 heterocycles. The van der Waals surface area contributed by atoms with Crippen molar-refractivity contribution in [3.63, 3.8) is 0 Å². The van der Waals surface area contributed by atoms with Gasteiger partial charge in [0.15, 0.2) is 5.78 Å². The number of hydrogen-bond donors (Lipinski definition) is 2. The highest BCUT2D eigenvalue weighted by Crippen LogP contribution is 2.41. The minimum absolute atomic E-state index is 0.0331. The molecule has 9 nitrogen and oxygen atoms in total. The summed E-state index contributed by atoms with van der Waals surface area (Å²) in [5.74, 6) is -1.19. The number of fused-ring (bicyclic) bond motifs is 1. The van der Waals surface area contributed by atoms with Crippen molar-refractivity contribution in [3.05, 3.63) is 59.2 Å². The Labute approximate surface area is 189 Å². The van der Waals surface area contributed by atoms with Crippen molar-refractivity contribution in [2.24, 2.45) is 5.92 Å². The monoisotopic (exact) mass is 474 g/mol. The van der Waals surface area contributed by atoms with Crippen LogP contribution in [0.3, 0.4) is 0 Å². The molecule has 0 aliphatic carbocycles. The van der Waals surface area contributed by atoms with Crippen LogP contribution in [-0.2, 0) is 21.4 Å². The molecule has 1 atom stereocenters. The molecular formula is C21H22N4O5S2. The molecule has 0 saturated carbocycles. The fraction of sp³-hybridized carbons (Fsp3) is 0.286. The maximum Gasteiger partial charge on any atom is 0.256 e. The van der Waals surface area contributed by atoms with Crippen molar-refractivity contribution in [1.29, 1.82) is 0 Å². The van der Waals surface area contributed by atoms with Crippen LogP contribution in [0.4, 0.5) is 5.00 Å². The van der Waals surface area contributed by atoms with Gasteiger partial charge >= 0.3 is 0 Å². The minimum Gasteiger partial charge on any atom is -0.389 e. The van der Waals surface area contributed by atoms with Gasteiger partial charge in [-0.2, -0.15) is 9.40 Å². The van der Waals surface area contributed by atoms with Gasteiger partial charge < -0.3 is 10.4 Å². The number of amides is 1. The summed E-state index contributed by atoms with van der Waals surface area (Å²) in [6.07, 6.45) is 3.46. The Kier molecular flexibility index (Phi) is 5.99. The fourth-order valence-electron chi connectivity index (χ4n) is 3.73. The number of rotatable bonds is 7. The molecule has 4 rings (SSSR count). The molecule has 2 aromatic heterocycles. The zero-order valence-corrected chi connectivity index (χ0v) is 19.1. The van der Waals surface area contributed by atoms with Crippen molar-refractivity contribution in [2.45, 2.75) is 31.3 Å². The maximum atomic E-state index is 13.0. The summed E-state index contributed by atoms with van der Waals surface area (Å²) in [6, 6.07) is 9.16. The molecule has 1 amide bonds. The second-order valence-corrected chi connectivity index (χ2v) is 10.7. The number of aliphatic hydroxyl groups is 1. The van der Waals surface area contributed by atoms with E-state index in [1.807, 2.05) is 0 Å². The minimum atomic E-state index is -3.91. The molecule has 1 aliphatic rings. The van der Waals surface area contributed by atoms with E-state index in [0.717, 1.165) is 21.3 Å². The lowest BCUT2D eigenvalue weighted by atomic mass is 10.0. The molecule has 0 spiro atoms. The van der Waals surface area contributed by atoms with E-state index in [-0.39, 0.29) is 23.3 Å². The summed E-state index contributed by atoms with van der Waals surface area (Å²) in [5.41, 5.74) is 1.23. The molecule has 168 valence electrons. The normalized spacial score (nSPS) is 16.1. The molecule has 1 aromatic carbocycles. The van der Waals surface area contributed by atoms with E-state index in [9.17, 15) is 23.1 Å². The summed E-state index contributed by atoms with van der Waals surface area (Å²) >= 11 is 1.16. The number of aromatic nitrogens is 2. The maximum absolute atomic E-state index is 13.0. The van der Waals surface area contributed by atoms with E-state index in [4.69, 9.17) is 0 Å². The lowest BCUT2D eigenvalue weighted by molar-refractivity contribution is -0.126. The topological polar surface area (TPSA) is 122 Å². The largest absolute Gasteiger partial charge is 0.389 e. The number of Topliss-reactive ketones (excluding diaryl/α,β-unsaturated/α-hetero) is 1. The lowest BCUT2D eigenvalue weighted by Gasteiger charge is -2.27. The van der Waals surface area contributed by atoms with Crippen molar-refractivity contribution in [3.8, 4) is 5.69 Å². The van der Waals surface area contributed by atoms with Crippen LogP contribution in [0.2, 0.25) is 0 Å². The Morgan fingerprint density at radius 1 is 1.25 bits per heavy atom. The number of thiophene rings is 1. The summed E-state index contributed by atoms with van der Waals surface area (Å²) < 4.78 is 28.9. The van der Waals surface area contributed by atoms with E-state index < -0.39 is 28.5 Å². The highest BCUT2D eigenvalue weighted by Gasteiger charge is 2.44. The number of anilines is 1. The SMILES string of the molecule is CC(C)[C@H](C(=O)CO)N1Cc2sc(NC(=O)c3ccc(-n4cccn4)cc3)cc2S1(=O)=O. The Morgan fingerprint density at radius 3 is 2.53 bits per heavy atom. The van der Waals surface area contributed by atoms with Crippen LogP contribution in [0.1, 0.15) is 29.1 Å². The predicted octanol–water partition coefficient (Wildman–Crippen LogP) is 2.28. The second kappa shape index (κ2) is 8.58. The molecule has 11 heteroatoms. The van der Waals surface area contributed by atoms with Crippen LogP contribution >= 0.6 is 11.3 Å². The molecule has 0 saturated heterocycles. The Hall–Kier alpha value is -2.86. The van der Waals surface area contributed by atoms with Crippen molar-refractivity contribution in [1.82, 2.24) is 14.1 Å². The van der Waals surface area contributed by atoms with Gasteiger partial charge in [0.05, 0.1) is 28.2 Å². The molecule has 0 bridgehead atoms. The number of nitrogens with one attached hydrogen (secondary N) is 1. The number of aliphatic hydroxyl groups excluding tert-OH is 1. The third kappa shape index (κ3) is 3.99. The molecule has 0 radical (unpaired) electrons. The number of carbonyl (C=O) groups is 2. The first kappa shape index (κ1) is 22.3. The van der Waals surface area contributed by atoms with Gasteiger partial charge in [-0.1, -0.05) is 13.8 Å². The summed E-state index contributed by atoms with van der Waals surface area (Å²) in [4.78, 5) is 25.4. The van der Waals surface area contributed by atoms with Gasteiger partial charge in [0, 0.05) is 22.8 Å². The number of benzene rings is 1. The molecule has 2 N–H and O–H groups in total. The number of sulfonamides is 1. The van der Waals surface area contributed by atoms with Gasteiger partial charge in [-0.15, -0.1) is 11.3 Å². The Bertz CT molecular complexity index is 1250. The van der Waals surface area contributed by atoms with E-state index >= 15 is 0 Å². The van der Waals surface area contributed by atoms with E-state index in [1.165, 1.54) is 6.07 Å². The standard InChI is InChI=1S/C21H22N4O5S2/c1-13(2)20(16(27)12-26)25-11-17-18(32(25,29)30)10-19(31-17)23-21(28)14-4-6-15(7-5-14)24-9-3-8-22-24/h3-10,13,20,26H,11-12H2,1-2H3,(H,23,28)/t20-/m1/s1. The second-order valence-electron chi connectivity index (χ2n) is 7.71. The molecule has 3 aromatic rings.